The molecule has 0 saturated carbocycles. The molecule has 3 rings (SSSR count). The van der Waals surface area contributed by atoms with E-state index in [9.17, 15) is 9.18 Å². The van der Waals surface area contributed by atoms with Crippen molar-refractivity contribution in [3.05, 3.63) is 65.9 Å². The number of anilines is 1. The van der Waals surface area contributed by atoms with Crippen LogP contribution in [0, 0.1) is 12.7 Å². The second-order valence-corrected chi connectivity index (χ2v) is 6.18. The zero-order chi connectivity index (χ0) is 18.8. The fraction of sp³-hybridized carbons (Fsp3) is 0.150. The molecule has 5 nitrogen and oxygen atoms in total. The molecule has 0 radical (unpaired) electrons. The Morgan fingerprint density at radius 2 is 1.81 bits per heavy atom. The molecule has 2 aromatic heterocycles. The van der Waals surface area contributed by atoms with Gasteiger partial charge in [0.2, 0.25) is 0 Å². The summed E-state index contributed by atoms with van der Waals surface area (Å²) in [4.78, 5) is 22.1. The zero-order valence-corrected chi connectivity index (χ0v) is 14.8. The van der Waals surface area contributed by atoms with E-state index in [0.717, 1.165) is 27.9 Å². The van der Waals surface area contributed by atoms with Gasteiger partial charge in [0.25, 0.3) is 5.91 Å². The van der Waals surface area contributed by atoms with E-state index < -0.39 is 5.82 Å². The maximum Gasteiger partial charge on any atom is 0.256 e. The molecule has 132 valence electrons. The van der Waals surface area contributed by atoms with Gasteiger partial charge in [0.1, 0.15) is 11.6 Å². The molecule has 2 N–H and O–H groups in total. The van der Waals surface area contributed by atoms with Crippen LogP contribution in [0.25, 0.3) is 22.3 Å². The Morgan fingerprint density at radius 1 is 1.08 bits per heavy atom. The van der Waals surface area contributed by atoms with Crippen LogP contribution in [0.5, 0.6) is 0 Å². The fourth-order valence-corrected chi connectivity index (χ4v) is 2.82. The van der Waals surface area contributed by atoms with Gasteiger partial charge in [0, 0.05) is 43.3 Å². The van der Waals surface area contributed by atoms with Crippen LogP contribution >= 0.6 is 0 Å². The number of benzene rings is 1. The third-order valence-electron chi connectivity index (χ3n) is 4.13. The van der Waals surface area contributed by atoms with E-state index in [-0.39, 0.29) is 11.5 Å². The van der Waals surface area contributed by atoms with E-state index in [1.807, 2.05) is 19.1 Å². The highest BCUT2D eigenvalue weighted by molar-refractivity contribution is 5.96. The van der Waals surface area contributed by atoms with Gasteiger partial charge in [-0.2, -0.15) is 0 Å². The fourth-order valence-electron chi connectivity index (χ4n) is 2.82. The molecule has 6 heteroatoms. The molecule has 26 heavy (non-hydrogen) atoms. The Balaban J connectivity index is 2.19. The van der Waals surface area contributed by atoms with Crippen LogP contribution in [0.15, 0.2) is 48.8 Å². The van der Waals surface area contributed by atoms with Crippen molar-refractivity contribution in [2.45, 2.75) is 6.92 Å². The van der Waals surface area contributed by atoms with Gasteiger partial charge < -0.3 is 10.6 Å². The first-order valence-corrected chi connectivity index (χ1v) is 8.07. The van der Waals surface area contributed by atoms with Crippen LogP contribution in [-0.2, 0) is 0 Å². The minimum Gasteiger partial charge on any atom is -0.384 e. The number of hydrogen-bond acceptors (Lipinski definition) is 4. The summed E-state index contributed by atoms with van der Waals surface area (Å²) in [6.07, 6.45) is 3.37. The molecule has 0 atom stereocenters. The second-order valence-electron chi connectivity index (χ2n) is 6.18. The maximum absolute atomic E-state index is 14.2. The Kier molecular flexibility index (Phi) is 4.67. The van der Waals surface area contributed by atoms with Gasteiger partial charge in [0.15, 0.2) is 0 Å². The third-order valence-corrected chi connectivity index (χ3v) is 4.13. The Morgan fingerprint density at radius 3 is 2.46 bits per heavy atom. The van der Waals surface area contributed by atoms with Crippen molar-refractivity contribution in [2.75, 3.05) is 19.8 Å². The minimum atomic E-state index is -0.547. The number of nitrogens with two attached hydrogens (primary N) is 1. The van der Waals surface area contributed by atoms with Gasteiger partial charge in [-0.15, -0.1) is 0 Å². The highest BCUT2D eigenvalue weighted by Gasteiger charge is 2.17. The lowest BCUT2D eigenvalue weighted by Crippen LogP contribution is -2.22. The normalized spacial score (nSPS) is 10.6. The van der Waals surface area contributed by atoms with E-state index in [1.54, 1.807) is 44.7 Å². The summed E-state index contributed by atoms with van der Waals surface area (Å²) < 4.78 is 14.2. The number of nitrogen functional groups attached to an aromatic ring is 1. The van der Waals surface area contributed by atoms with Gasteiger partial charge >= 0.3 is 0 Å². The topological polar surface area (TPSA) is 72.1 Å². The standard InChI is InChI=1S/C20H19FN4O/c1-12-19(14-5-7-18(22)24-11-14)15(8-9-23-12)13-4-6-17(21)16(10-13)20(26)25(2)3/h4-11H,1-3H3,(H2,22,24). The van der Waals surface area contributed by atoms with E-state index in [2.05, 4.69) is 9.97 Å². The quantitative estimate of drug-likeness (QED) is 0.784. The van der Waals surface area contributed by atoms with E-state index >= 15 is 0 Å². The second kappa shape index (κ2) is 6.92. The monoisotopic (exact) mass is 350 g/mol. The number of carbonyl (C=O) groups excluding carboxylic acids is 1. The van der Waals surface area contributed by atoms with Crippen LogP contribution < -0.4 is 5.73 Å². The Hall–Kier alpha value is -3.28. The highest BCUT2D eigenvalue weighted by atomic mass is 19.1. The van der Waals surface area contributed by atoms with Gasteiger partial charge in [-0.05, 0) is 48.4 Å². The number of amides is 1. The van der Waals surface area contributed by atoms with Crippen LogP contribution in [0.2, 0.25) is 0 Å². The molecule has 0 fully saturated rings. The molecule has 0 aliphatic rings. The summed E-state index contributed by atoms with van der Waals surface area (Å²) in [5.41, 5.74) is 9.81. The first-order chi connectivity index (χ1) is 12.4. The summed E-state index contributed by atoms with van der Waals surface area (Å²) in [5, 5.41) is 0. The molecule has 0 spiro atoms. The van der Waals surface area contributed by atoms with Gasteiger partial charge in [-0.1, -0.05) is 6.07 Å². The molecule has 1 amide bonds. The largest absolute Gasteiger partial charge is 0.384 e. The summed E-state index contributed by atoms with van der Waals surface area (Å²) in [6, 6.07) is 9.97. The summed E-state index contributed by atoms with van der Waals surface area (Å²) in [6.45, 7) is 1.89. The molecule has 0 aliphatic carbocycles. The van der Waals surface area contributed by atoms with Crippen LogP contribution in [0.3, 0.4) is 0 Å². The van der Waals surface area contributed by atoms with Crippen LogP contribution in [0.4, 0.5) is 10.2 Å². The molecular formula is C20H19FN4O. The lowest BCUT2D eigenvalue weighted by atomic mass is 9.93. The first-order valence-electron chi connectivity index (χ1n) is 8.07. The van der Waals surface area contributed by atoms with Crippen LogP contribution in [0.1, 0.15) is 16.1 Å². The van der Waals surface area contributed by atoms with Gasteiger partial charge in [-0.3, -0.25) is 9.78 Å². The molecule has 0 bridgehead atoms. The number of aromatic nitrogens is 2. The summed E-state index contributed by atoms with van der Waals surface area (Å²) >= 11 is 0. The average molecular weight is 350 g/mol. The average Bonchev–Trinajstić information content (AvgIpc) is 2.62. The van der Waals surface area contributed by atoms with Crippen molar-refractivity contribution in [2.24, 2.45) is 0 Å². The SMILES string of the molecule is Cc1nccc(-c2ccc(F)c(C(=O)N(C)C)c2)c1-c1ccc(N)nc1. The first kappa shape index (κ1) is 17.5. The van der Waals surface area contributed by atoms with Gasteiger partial charge in [-0.25, -0.2) is 9.37 Å². The molecule has 0 saturated heterocycles. The van der Waals surface area contributed by atoms with E-state index in [0.29, 0.717) is 5.82 Å². The van der Waals surface area contributed by atoms with Crippen molar-refractivity contribution in [3.8, 4) is 22.3 Å². The number of halogens is 1. The molecule has 0 unspecified atom stereocenters. The maximum atomic E-state index is 14.2. The Bertz CT molecular complexity index is 968. The number of rotatable bonds is 3. The number of aryl methyl sites for hydroxylation is 1. The minimum absolute atomic E-state index is 0.0309. The zero-order valence-electron chi connectivity index (χ0n) is 14.8. The molecule has 0 aliphatic heterocycles. The Labute approximate surface area is 151 Å². The molecule has 3 aromatic rings. The van der Waals surface area contributed by atoms with Gasteiger partial charge in [0.05, 0.1) is 5.56 Å². The number of pyridine rings is 2. The van der Waals surface area contributed by atoms with Crippen molar-refractivity contribution >= 4 is 11.7 Å². The van der Waals surface area contributed by atoms with Crippen molar-refractivity contribution in [1.29, 1.82) is 0 Å². The number of nitrogens with zero attached hydrogens (tertiary/aromatic N) is 3. The lowest BCUT2D eigenvalue weighted by molar-refractivity contribution is 0.0823. The number of carbonyl (C=O) groups is 1. The van der Waals surface area contributed by atoms with E-state index in [4.69, 9.17) is 5.73 Å². The van der Waals surface area contributed by atoms with Crippen molar-refractivity contribution in [1.82, 2.24) is 14.9 Å². The third kappa shape index (κ3) is 3.26. The van der Waals surface area contributed by atoms with E-state index in [1.165, 1.54) is 11.0 Å². The van der Waals surface area contributed by atoms with Crippen LogP contribution in [-0.4, -0.2) is 34.9 Å². The van der Waals surface area contributed by atoms with Crippen molar-refractivity contribution in [3.63, 3.8) is 0 Å². The summed E-state index contributed by atoms with van der Waals surface area (Å²) in [7, 11) is 3.19. The van der Waals surface area contributed by atoms with Crippen molar-refractivity contribution < 1.29 is 9.18 Å². The molecule has 2 heterocycles. The predicted molar refractivity (Wildman–Crippen MR) is 100 cm³/mol. The lowest BCUT2D eigenvalue weighted by Gasteiger charge is -2.15. The predicted octanol–water partition coefficient (Wildman–Crippen LogP) is 3.54. The molecular weight excluding hydrogens is 331 g/mol. The summed E-state index contributed by atoms with van der Waals surface area (Å²) in [5.74, 6) is -0.503. The smallest absolute Gasteiger partial charge is 0.256 e. The molecule has 1 aromatic carbocycles. The number of hydrogen-bond donors (Lipinski definition) is 1. The highest BCUT2D eigenvalue weighted by Crippen LogP contribution is 2.34.